The van der Waals surface area contributed by atoms with Crippen molar-refractivity contribution < 1.29 is 29.4 Å². The Morgan fingerprint density at radius 2 is 1.97 bits per heavy atom. The number of carboxylic acid groups (broad SMARTS) is 2. The number of benzene rings is 1. The molecule has 0 aliphatic carbocycles. The summed E-state index contributed by atoms with van der Waals surface area (Å²) in [6.45, 7) is -0.0232. The summed E-state index contributed by atoms with van der Waals surface area (Å²) in [5, 5.41) is 30.6. The predicted octanol–water partition coefficient (Wildman–Crippen LogP) is -3.32. The summed E-state index contributed by atoms with van der Waals surface area (Å²) in [6.07, 6.45) is -0.551. The van der Waals surface area contributed by atoms with Crippen molar-refractivity contribution in [3.05, 3.63) is 45.1 Å². The van der Waals surface area contributed by atoms with Crippen LogP contribution in [0.4, 0.5) is 23.1 Å². The average Bonchev–Trinajstić information content (AvgIpc) is 2.84. The van der Waals surface area contributed by atoms with Crippen molar-refractivity contribution in [1.29, 1.82) is 0 Å². The first-order valence-electron chi connectivity index (χ1n) is 10.4. The van der Waals surface area contributed by atoms with E-state index in [9.17, 15) is 39.1 Å². The van der Waals surface area contributed by atoms with Gasteiger partial charge in [-0.15, -0.1) is 4.91 Å². The van der Waals surface area contributed by atoms with Gasteiger partial charge in [0.1, 0.15) is 0 Å². The number of carbonyl (C=O) groups is 4. The molecule has 0 bridgehead atoms. The van der Waals surface area contributed by atoms with Gasteiger partial charge in [-0.2, -0.15) is 4.98 Å². The molecule has 0 fully saturated rings. The Bertz CT molecular complexity index is 1230. The molecule has 1 aliphatic rings. The zero-order valence-electron chi connectivity index (χ0n) is 18.5. The third kappa shape index (κ3) is 5.72. The van der Waals surface area contributed by atoms with E-state index < -0.39 is 48.3 Å². The predicted molar refractivity (Wildman–Crippen MR) is 120 cm³/mol. The highest BCUT2D eigenvalue weighted by Gasteiger charge is 2.35. The van der Waals surface area contributed by atoms with Gasteiger partial charge in [-0.05, 0) is 37.1 Å². The Morgan fingerprint density at radius 1 is 1.28 bits per heavy atom. The second-order valence-corrected chi connectivity index (χ2v) is 7.67. The van der Waals surface area contributed by atoms with E-state index in [-0.39, 0.29) is 36.1 Å². The number of H-pyrrole nitrogens is 1. The van der Waals surface area contributed by atoms with Crippen LogP contribution in [0.3, 0.4) is 0 Å². The largest absolute Gasteiger partial charge is 0.550 e. The lowest BCUT2D eigenvalue weighted by atomic mass is 10.1. The van der Waals surface area contributed by atoms with Gasteiger partial charge in [-0.3, -0.25) is 19.4 Å². The number of rotatable bonds is 11. The molecule has 1 aromatic carbocycles. The number of nitrogens with two attached hydrogens (primary N) is 1. The minimum absolute atomic E-state index is 0.0650. The number of aromatic amines is 1. The van der Waals surface area contributed by atoms with E-state index in [4.69, 9.17) is 5.73 Å². The van der Waals surface area contributed by atoms with Crippen LogP contribution < -0.4 is 42.0 Å². The topological polar surface area (TPSA) is 246 Å². The fourth-order valence-corrected chi connectivity index (χ4v) is 3.54. The number of aliphatic carboxylic acids is 2. The summed E-state index contributed by atoms with van der Waals surface area (Å²) in [4.78, 5) is 76.6. The normalized spacial score (nSPS) is 15.4. The summed E-state index contributed by atoms with van der Waals surface area (Å²) < 4.78 is 0. The molecule has 2 aromatic rings. The highest BCUT2D eigenvalue weighted by molar-refractivity contribution is 5.96. The molecular weight excluding hydrogens is 480 g/mol. The number of nitrogen functional groups attached to an aromatic ring is 1. The summed E-state index contributed by atoms with van der Waals surface area (Å²) in [7, 11) is 0. The van der Waals surface area contributed by atoms with Gasteiger partial charge >= 0.3 is 0 Å². The van der Waals surface area contributed by atoms with Crippen LogP contribution in [0.2, 0.25) is 0 Å². The highest BCUT2D eigenvalue weighted by Crippen LogP contribution is 2.30. The van der Waals surface area contributed by atoms with Crippen molar-refractivity contribution in [2.75, 3.05) is 34.0 Å². The molecule has 2 amide bonds. The minimum Gasteiger partial charge on any atom is -0.550 e. The molecule has 1 unspecified atom stereocenters. The van der Waals surface area contributed by atoms with Gasteiger partial charge in [0.25, 0.3) is 11.5 Å². The lowest BCUT2D eigenvalue weighted by molar-refractivity contribution is -0.309. The van der Waals surface area contributed by atoms with Crippen molar-refractivity contribution in [2.45, 2.75) is 24.9 Å². The average molecular weight is 500 g/mol. The first kappa shape index (κ1) is 25.6. The fraction of sp³-hybridized carbons (Fsp3) is 0.300. The molecule has 16 nitrogen and oxygen atoms in total. The number of nitrogens with one attached hydrogen (secondary N) is 3. The molecule has 2 atom stereocenters. The molecule has 5 N–H and O–H groups in total. The lowest BCUT2D eigenvalue weighted by Crippen LogP contribution is -2.52. The standard InChI is InChI=1S/C20H22N8O8/c21-20-24-16-15(18(33)25-20)27(9-29)12(8-28(16)26-36)7-22-11-3-1-10(2-4-11)17(32)23-13(19(34)35)5-6-14(30)31/h1-4,9,12-13,22H,5-8H2,(H,23,32)(H,30,31)(H,34,35)(H3,21,24,25,33)/p-2/t12?,13-/m0/s1. The Balaban J connectivity index is 1.68. The van der Waals surface area contributed by atoms with E-state index in [2.05, 4.69) is 25.9 Å². The van der Waals surface area contributed by atoms with E-state index in [0.717, 1.165) is 9.91 Å². The maximum absolute atomic E-state index is 12.4. The fourth-order valence-electron chi connectivity index (χ4n) is 3.54. The van der Waals surface area contributed by atoms with Crippen LogP contribution in [0.15, 0.2) is 34.3 Å². The molecule has 190 valence electrons. The zero-order valence-corrected chi connectivity index (χ0v) is 18.5. The van der Waals surface area contributed by atoms with E-state index in [0.29, 0.717) is 12.1 Å². The number of nitroso groups, excluding NO2 is 1. The molecule has 0 radical (unpaired) electrons. The number of carboxylic acids is 2. The van der Waals surface area contributed by atoms with E-state index >= 15 is 0 Å². The molecule has 1 aliphatic heterocycles. The summed E-state index contributed by atoms with van der Waals surface area (Å²) in [6, 6.07) is 3.53. The van der Waals surface area contributed by atoms with Crippen molar-refractivity contribution >= 4 is 47.4 Å². The third-order valence-electron chi connectivity index (χ3n) is 5.30. The quantitative estimate of drug-likeness (QED) is 0.175. The molecule has 36 heavy (non-hydrogen) atoms. The molecule has 2 heterocycles. The van der Waals surface area contributed by atoms with Crippen LogP contribution in [0, 0.1) is 4.91 Å². The number of amides is 2. The first-order chi connectivity index (χ1) is 17.1. The number of anilines is 4. The highest BCUT2D eigenvalue weighted by atomic mass is 16.4. The van der Waals surface area contributed by atoms with Gasteiger partial charge in [0.15, 0.2) is 11.5 Å². The van der Waals surface area contributed by atoms with E-state index in [1.807, 2.05) is 0 Å². The molecule has 16 heteroatoms. The monoisotopic (exact) mass is 500 g/mol. The van der Waals surface area contributed by atoms with Gasteiger partial charge < -0.3 is 41.1 Å². The van der Waals surface area contributed by atoms with Crippen LogP contribution in [0.5, 0.6) is 0 Å². The smallest absolute Gasteiger partial charge is 0.278 e. The Morgan fingerprint density at radius 3 is 2.56 bits per heavy atom. The summed E-state index contributed by atoms with van der Waals surface area (Å²) in [5.74, 6) is -4.25. The lowest BCUT2D eigenvalue weighted by Gasteiger charge is -2.36. The molecule has 1 aromatic heterocycles. The summed E-state index contributed by atoms with van der Waals surface area (Å²) in [5.41, 5.74) is 5.18. The summed E-state index contributed by atoms with van der Waals surface area (Å²) >= 11 is 0. The third-order valence-corrected chi connectivity index (χ3v) is 5.30. The van der Waals surface area contributed by atoms with E-state index in [1.165, 1.54) is 24.3 Å². The number of carbonyl (C=O) groups excluding carboxylic acids is 4. The number of fused-ring (bicyclic) bond motifs is 1. The second kappa shape index (κ2) is 10.9. The number of hydrogen-bond acceptors (Lipinski definition) is 12. The molecule has 0 saturated heterocycles. The van der Waals surface area contributed by atoms with Gasteiger partial charge in [0.2, 0.25) is 12.4 Å². The number of nitrogens with zero attached hydrogens (tertiary/aromatic N) is 4. The van der Waals surface area contributed by atoms with Crippen molar-refractivity contribution in [3.8, 4) is 0 Å². The Kier molecular flexibility index (Phi) is 7.78. The van der Waals surface area contributed by atoms with Crippen molar-refractivity contribution in [2.24, 2.45) is 5.29 Å². The first-order valence-corrected chi connectivity index (χ1v) is 10.4. The number of aromatic nitrogens is 2. The van der Waals surface area contributed by atoms with Crippen LogP contribution in [0.1, 0.15) is 23.2 Å². The van der Waals surface area contributed by atoms with Gasteiger partial charge in [-0.1, -0.05) is 0 Å². The van der Waals surface area contributed by atoms with Gasteiger partial charge in [-0.25, -0.2) is 5.01 Å². The van der Waals surface area contributed by atoms with Gasteiger partial charge in [0.05, 0.1) is 29.9 Å². The second-order valence-electron chi connectivity index (χ2n) is 7.67. The van der Waals surface area contributed by atoms with Crippen LogP contribution in [-0.2, 0) is 14.4 Å². The van der Waals surface area contributed by atoms with Crippen molar-refractivity contribution in [3.63, 3.8) is 0 Å². The molecule has 3 rings (SSSR count). The van der Waals surface area contributed by atoms with Crippen molar-refractivity contribution in [1.82, 2.24) is 15.3 Å². The maximum atomic E-state index is 12.4. The van der Waals surface area contributed by atoms with Crippen LogP contribution >= 0.6 is 0 Å². The molecular formula is C20H20N8O8-2. The molecule has 0 saturated carbocycles. The SMILES string of the molecule is Nc1nc2c(c(=O)[nH]1)N(C=O)C(CNc1ccc(C(=O)N[C@@H](CCC(=O)[O-])C(=O)[O-])cc1)CN2N=O. The minimum atomic E-state index is -1.63. The van der Waals surface area contributed by atoms with Crippen LogP contribution in [-0.4, -0.2) is 59.4 Å². The van der Waals surface area contributed by atoms with Gasteiger partial charge in [0, 0.05) is 23.8 Å². The van der Waals surface area contributed by atoms with Crippen LogP contribution in [0.25, 0.3) is 0 Å². The van der Waals surface area contributed by atoms with E-state index in [1.54, 1.807) is 0 Å². The number of hydrogen-bond donors (Lipinski definition) is 4. The Labute approximate surface area is 202 Å². The Hall–Kier alpha value is -5.02. The molecule has 0 spiro atoms. The maximum Gasteiger partial charge on any atom is 0.278 e. The zero-order chi connectivity index (χ0) is 26.4.